The second kappa shape index (κ2) is 6.82. The summed E-state index contributed by atoms with van der Waals surface area (Å²) in [6.45, 7) is 4.84. The number of nitrogens with zero attached hydrogens (tertiary/aromatic N) is 2. The minimum Gasteiger partial charge on any atom is -0.339 e. The summed E-state index contributed by atoms with van der Waals surface area (Å²) in [7, 11) is 0. The molecule has 1 atom stereocenters. The number of aryl methyl sites for hydroxylation is 1. The zero-order valence-corrected chi connectivity index (χ0v) is 12.8. The highest BCUT2D eigenvalue weighted by Crippen LogP contribution is 2.19. The lowest BCUT2D eigenvalue weighted by atomic mass is 10.0. The number of halogens is 1. The van der Waals surface area contributed by atoms with Gasteiger partial charge in [0.1, 0.15) is 0 Å². The van der Waals surface area contributed by atoms with Crippen LogP contribution in [0.1, 0.15) is 36.7 Å². The molecule has 1 aromatic heterocycles. The van der Waals surface area contributed by atoms with Crippen molar-refractivity contribution in [2.45, 2.75) is 32.7 Å². The van der Waals surface area contributed by atoms with Crippen molar-refractivity contribution in [3.8, 4) is 0 Å². The molecule has 4 nitrogen and oxygen atoms in total. The molecule has 0 aliphatic rings. The highest BCUT2D eigenvalue weighted by molar-refractivity contribution is 9.10. The third-order valence-electron chi connectivity index (χ3n) is 2.98. The number of nitrogens with one attached hydrogen (secondary N) is 1. The van der Waals surface area contributed by atoms with Gasteiger partial charge in [-0.05, 0) is 31.0 Å². The fourth-order valence-electron chi connectivity index (χ4n) is 1.99. The summed E-state index contributed by atoms with van der Waals surface area (Å²) in [6.07, 6.45) is 1.80. The largest absolute Gasteiger partial charge is 0.339 e. The maximum atomic E-state index is 5.09. The Morgan fingerprint density at radius 3 is 2.63 bits per heavy atom. The minimum absolute atomic E-state index is 0.358. The van der Waals surface area contributed by atoms with Gasteiger partial charge < -0.3 is 9.84 Å². The van der Waals surface area contributed by atoms with Crippen LogP contribution < -0.4 is 5.32 Å². The Hall–Kier alpha value is -1.20. The second-order valence-electron chi connectivity index (χ2n) is 4.45. The molecule has 2 aromatic rings. The molecule has 102 valence electrons. The molecule has 0 spiro atoms. The first kappa shape index (κ1) is 14.2. The average molecular weight is 324 g/mol. The van der Waals surface area contributed by atoms with E-state index in [0.717, 1.165) is 23.9 Å². The number of hydrogen-bond donors (Lipinski definition) is 1. The van der Waals surface area contributed by atoms with Gasteiger partial charge in [-0.25, -0.2) is 0 Å². The van der Waals surface area contributed by atoms with E-state index < -0.39 is 0 Å². The Labute approximate surface area is 121 Å². The second-order valence-corrected chi connectivity index (χ2v) is 5.37. The molecule has 0 bridgehead atoms. The van der Waals surface area contributed by atoms with Crippen LogP contribution >= 0.6 is 15.9 Å². The van der Waals surface area contributed by atoms with Crippen molar-refractivity contribution in [1.82, 2.24) is 15.5 Å². The molecular formula is C14H18BrN3O. The molecule has 0 amide bonds. The lowest BCUT2D eigenvalue weighted by Gasteiger charge is -2.17. The Morgan fingerprint density at radius 2 is 2.05 bits per heavy atom. The van der Waals surface area contributed by atoms with Crippen molar-refractivity contribution in [3.63, 3.8) is 0 Å². The molecule has 1 unspecified atom stereocenters. The van der Waals surface area contributed by atoms with Crippen molar-refractivity contribution in [1.29, 1.82) is 0 Å². The normalized spacial score (nSPS) is 12.6. The van der Waals surface area contributed by atoms with Crippen molar-refractivity contribution in [2.75, 3.05) is 6.54 Å². The van der Waals surface area contributed by atoms with Crippen molar-refractivity contribution >= 4 is 15.9 Å². The van der Waals surface area contributed by atoms with Gasteiger partial charge in [0.15, 0.2) is 5.82 Å². The van der Waals surface area contributed by atoms with Gasteiger partial charge in [0.05, 0.1) is 0 Å². The topological polar surface area (TPSA) is 51.0 Å². The fourth-order valence-corrected chi connectivity index (χ4v) is 2.25. The molecule has 1 heterocycles. The van der Waals surface area contributed by atoms with Crippen LogP contribution in [0.3, 0.4) is 0 Å². The summed E-state index contributed by atoms with van der Waals surface area (Å²) >= 11 is 3.45. The van der Waals surface area contributed by atoms with E-state index in [9.17, 15) is 0 Å². The molecule has 0 saturated heterocycles. The Morgan fingerprint density at radius 1 is 1.32 bits per heavy atom. The fraction of sp³-hybridized carbons (Fsp3) is 0.429. The summed E-state index contributed by atoms with van der Waals surface area (Å²) in [4.78, 5) is 4.19. The van der Waals surface area contributed by atoms with Gasteiger partial charge in [-0.3, -0.25) is 0 Å². The van der Waals surface area contributed by atoms with Crippen LogP contribution in [0, 0.1) is 6.92 Å². The molecule has 19 heavy (non-hydrogen) atoms. The van der Waals surface area contributed by atoms with E-state index in [1.807, 2.05) is 6.92 Å². The SMILES string of the molecule is CCC(NCCc1nc(C)no1)c1ccc(Br)cc1. The summed E-state index contributed by atoms with van der Waals surface area (Å²) < 4.78 is 6.20. The van der Waals surface area contributed by atoms with Gasteiger partial charge in [0.25, 0.3) is 0 Å². The smallest absolute Gasteiger partial charge is 0.227 e. The van der Waals surface area contributed by atoms with Gasteiger partial charge in [-0.2, -0.15) is 4.98 Å². The van der Waals surface area contributed by atoms with E-state index in [0.29, 0.717) is 17.8 Å². The Balaban J connectivity index is 1.87. The van der Waals surface area contributed by atoms with Crippen molar-refractivity contribution < 1.29 is 4.52 Å². The third-order valence-corrected chi connectivity index (χ3v) is 3.51. The first-order chi connectivity index (χ1) is 9.19. The highest BCUT2D eigenvalue weighted by Gasteiger charge is 2.09. The predicted octanol–water partition coefficient (Wildman–Crippen LogP) is 3.42. The predicted molar refractivity (Wildman–Crippen MR) is 77.9 cm³/mol. The van der Waals surface area contributed by atoms with Crippen LogP contribution in [0.25, 0.3) is 0 Å². The van der Waals surface area contributed by atoms with Gasteiger partial charge in [-0.1, -0.05) is 40.1 Å². The van der Waals surface area contributed by atoms with Crippen molar-refractivity contribution in [3.05, 3.63) is 46.0 Å². The van der Waals surface area contributed by atoms with Gasteiger partial charge >= 0.3 is 0 Å². The van der Waals surface area contributed by atoms with Gasteiger partial charge in [0.2, 0.25) is 5.89 Å². The quantitative estimate of drug-likeness (QED) is 0.884. The Bertz CT molecular complexity index is 510. The molecule has 0 fully saturated rings. The lowest BCUT2D eigenvalue weighted by Crippen LogP contribution is -2.23. The summed E-state index contributed by atoms with van der Waals surface area (Å²) in [5.74, 6) is 1.38. The lowest BCUT2D eigenvalue weighted by molar-refractivity contribution is 0.368. The van der Waals surface area contributed by atoms with Crippen LogP contribution in [0.2, 0.25) is 0 Å². The van der Waals surface area contributed by atoms with E-state index in [-0.39, 0.29) is 0 Å². The molecule has 1 aromatic carbocycles. The maximum Gasteiger partial charge on any atom is 0.227 e. The highest BCUT2D eigenvalue weighted by atomic mass is 79.9. The molecule has 0 saturated carbocycles. The van der Waals surface area contributed by atoms with Crippen LogP contribution in [-0.4, -0.2) is 16.7 Å². The van der Waals surface area contributed by atoms with Gasteiger partial charge in [0, 0.05) is 23.5 Å². The summed E-state index contributed by atoms with van der Waals surface area (Å²) in [5, 5.41) is 7.30. The van der Waals surface area contributed by atoms with E-state index in [2.05, 4.69) is 62.6 Å². The maximum absolute atomic E-state index is 5.09. The summed E-state index contributed by atoms with van der Waals surface area (Å²) in [5.41, 5.74) is 1.30. The molecule has 2 rings (SSSR count). The first-order valence-electron chi connectivity index (χ1n) is 6.47. The molecule has 5 heteroatoms. The molecule has 0 aliphatic carbocycles. The third kappa shape index (κ3) is 4.14. The number of benzene rings is 1. The van der Waals surface area contributed by atoms with Crippen LogP contribution in [0.5, 0.6) is 0 Å². The van der Waals surface area contributed by atoms with E-state index >= 15 is 0 Å². The summed E-state index contributed by atoms with van der Waals surface area (Å²) in [6, 6.07) is 8.78. The standard InChI is InChI=1S/C14H18BrN3O/c1-3-13(11-4-6-12(15)7-5-11)16-9-8-14-17-10(2)18-19-14/h4-7,13,16H,3,8-9H2,1-2H3. The van der Waals surface area contributed by atoms with Gasteiger partial charge in [-0.15, -0.1) is 0 Å². The Kier molecular flexibility index (Phi) is 5.10. The monoisotopic (exact) mass is 323 g/mol. The number of rotatable bonds is 6. The average Bonchev–Trinajstić information content (AvgIpc) is 2.82. The van der Waals surface area contributed by atoms with Crippen LogP contribution in [0.15, 0.2) is 33.3 Å². The van der Waals surface area contributed by atoms with Crippen LogP contribution in [-0.2, 0) is 6.42 Å². The molecular weight excluding hydrogens is 306 g/mol. The minimum atomic E-state index is 0.358. The first-order valence-corrected chi connectivity index (χ1v) is 7.26. The van der Waals surface area contributed by atoms with E-state index in [4.69, 9.17) is 4.52 Å². The van der Waals surface area contributed by atoms with Crippen LogP contribution in [0.4, 0.5) is 0 Å². The van der Waals surface area contributed by atoms with Crippen molar-refractivity contribution in [2.24, 2.45) is 0 Å². The zero-order valence-electron chi connectivity index (χ0n) is 11.2. The zero-order chi connectivity index (χ0) is 13.7. The van der Waals surface area contributed by atoms with E-state index in [1.165, 1.54) is 5.56 Å². The molecule has 0 aliphatic heterocycles. The number of aromatic nitrogens is 2. The molecule has 1 N–H and O–H groups in total. The van der Waals surface area contributed by atoms with E-state index in [1.54, 1.807) is 0 Å². The molecule has 0 radical (unpaired) electrons. The number of hydrogen-bond acceptors (Lipinski definition) is 4.